The summed E-state index contributed by atoms with van der Waals surface area (Å²) < 4.78 is 1.42. The van der Waals surface area contributed by atoms with Crippen LogP contribution < -0.4 is 11.0 Å². The zero-order valence-corrected chi connectivity index (χ0v) is 10.1. The lowest BCUT2D eigenvalue weighted by Gasteiger charge is -2.20. The first kappa shape index (κ1) is 11.2. The molecule has 18 heavy (non-hydrogen) atoms. The largest absolute Gasteiger partial charge is 0.348 e. The molecule has 5 nitrogen and oxygen atoms in total. The second-order valence-corrected chi connectivity index (χ2v) is 4.57. The van der Waals surface area contributed by atoms with Crippen LogP contribution in [0.3, 0.4) is 0 Å². The Morgan fingerprint density at radius 1 is 1.22 bits per heavy atom. The summed E-state index contributed by atoms with van der Waals surface area (Å²) in [6.07, 6.45) is 3.40. The van der Waals surface area contributed by atoms with Crippen LogP contribution in [0.25, 0.3) is 5.69 Å². The first-order valence-corrected chi connectivity index (χ1v) is 6.32. The third kappa shape index (κ3) is 2.09. The van der Waals surface area contributed by atoms with E-state index in [4.69, 9.17) is 0 Å². The molecule has 2 aromatic rings. The quantitative estimate of drug-likeness (QED) is 0.838. The van der Waals surface area contributed by atoms with Crippen molar-refractivity contribution >= 4 is 0 Å². The fourth-order valence-corrected chi connectivity index (χ4v) is 2.33. The van der Waals surface area contributed by atoms with Gasteiger partial charge < -0.3 is 5.32 Å². The number of benzene rings is 1. The van der Waals surface area contributed by atoms with Crippen LogP contribution in [0.15, 0.2) is 35.1 Å². The van der Waals surface area contributed by atoms with Crippen molar-refractivity contribution in [2.24, 2.45) is 0 Å². The summed E-state index contributed by atoms with van der Waals surface area (Å²) >= 11 is 0. The summed E-state index contributed by atoms with van der Waals surface area (Å²) in [7, 11) is 0. The van der Waals surface area contributed by atoms with Crippen LogP contribution in [-0.2, 0) is 0 Å². The van der Waals surface area contributed by atoms with Crippen molar-refractivity contribution in [1.82, 2.24) is 20.1 Å². The van der Waals surface area contributed by atoms with Gasteiger partial charge in [-0.25, -0.2) is 4.79 Å². The number of nitrogens with one attached hydrogen (secondary N) is 2. The number of nitrogens with zero attached hydrogens (tertiary/aromatic N) is 2. The number of para-hydroxylation sites is 1. The molecule has 0 amide bonds. The Bertz CT molecular complexity index is 566. The van der Waals surface area contributed by atoms with E-state index in [0.29, 0.717) is 0 Å². The van der Waals surface area contributed by atoms with Crippen LogP contribution in [-0.4, -0.2) is 21.3 Å². The second kappa shape index (κ2) is 4.78. The Labute approximate surface area is 105 Å². The molecule has 94 valence electrons. The second-order valence-electron chi connectivity index (χ2n) is 4.57. The van der Waals surface area contributed by atoms with Crippen LogP contribution in [0, 0.1) is 0 Å². The number of rotatable bonds is 2. The number of aromatic amines is 1. The summed E-state index contributed by atoms with van der Waals surface area (Å²) in [5.41, 5.74) is 0.615. The van der Waals surface area contributed by atoms with Crippen molar-refractivity contribution in [1.29, 1.82) is 0 Å². The Balaban J connectivity index is 1.93. The van der Waals surface area contributed by atoms with Gasteiger partial charge in [-0.1, -0.05) is 24.6 Å². The van der Waals surface area contributed by atoms with Crippen molar-refractivity contribution in [2.75, 3.05) is 6.54 Å². The van der Waals surface area contributed by atoms with Gasteiger partial charge in [0, 0.05) is 0 Å². The molecule has 1 atom stereocenters. The molecule has 5 heteroatoms. The zero-order valence-electron chi connectivity index (χ0n) is 10.1. The predicted molar refractivity (Wildman–Crippen MR) is 68.8 cm³/mol. The molecule has 1 aliphatic rings. The van der Waals surface area contributed by atoms with Crippen LogP contribution in [0.5, 0.6) is 0 Å². The highest BCUT2D eigenvalue weighted by molar-refractivity contribution is 5.29. The van der Waals surface area contributed by atoms with Gasteiger partial charge in [-0.15, -0.1) is 5.10 Å². The molecule has 1 fully saturated rings. The summed E-state index contributed by atoms with van der Waals surface area (Å²) in [5.74, 6) is 0.739. The van der Waals surface area contributed by atoms with Crippen molar-refractivity contribution in [3.05, 3.63) is 46.6 Å². The summed E-state index contributed by atoms with van der Waals surface area (Å²) in [6, 6.07) is 9.64. The topological polar surface area (TPSA) is 62.7 Å². The van der Waals surface area contributed by atoms with Crippen LogP contribution in [0.1, 0.15) is 31.1 Å². The number of H-pyrrole nitrogens is 1. The molecular weight excluding hydrogens is 228 g/mol. The van der Waals surface area contributed by atoms with E-state index < -0.39 is 0 Å². The third-order valence-corrected chi connectivity index (χ3v) is 3.28. The van der Waals surface area contributed by atoms with Crippen molar-refractivity contribution in [2.45, 2.75) is 25.3 Å². The molecule has 1 aliphatic heterocycles. The van der Waals surface area contributed by atoms with E-state index in [9.17, 15) is 4.79 Å². The van der Waals surface area contributed by atoms with E-state index in [0.717, 1.165) is 24.5 Å². The van der Waals surface area contributed by atoms with E-state index in [1.807, 2.05) is 30.3 Å². The van der Waals surface area contributed by atoms with E-state index in [1.54, 1.807) is 0 Å². The average Bonchev–Trinajstić information content (AvgIpc) is 2.83. The fraction of sp³-hybridized carbons (Fsp3) is 0.385. The van der Waals surface area contributed by atoms with E-state index in [-0.39, 0.29) is 11.7 Å². The smallest absolute Gasteiger partial charge is 0.307 e. The summed E-state index contributed by atoms with van der Waals surface area (Å²) in [6.45, 7) is 0.991. The molecule has 3 rings (SSSR count). The van der Waals surface area contributed by atoms with Gasteiger partial charge in [-0.3, -0.25) is 4.98 Å². The molecule has 0 bridgehead atoms. The number of hydrogen-bond donors (Lipinski definition) is 2. The molecule has 1 aromatic carbocycles. The molecule has 1 saturated heterocycles. The zero-order chi connectivity index (χ0) is 12.4. The maximum atomic E-state index is 11.9. The van der Waals surface area contributed by atoms with Gasteiger partial charge in [0.2, 0.25) is 0 Å². The molecule has 2 N–H and O–H groups in total. The molecule has 0 spiro atoms. The summed E-state index contributed by atoms with van der Waals surface area (Å²) in [5, 5.41) is 7.77. The molecule has 0 saturated carbocycles. The Morgan fingerprint density at radius 3 is 2.78 bits per heavy atom. The number of hydrogen-bond acceptors (Lipinski definition) is 3. The Morgan fingerprint density at radius 2 is 2.06 bits per heavy atom. The first-order chi connectivity index (χ1) is 8.84. The molecule has 0 aliphatic carbocycles. The maximum Gasteiger partial charge on any atom is 0.348 e. The maximum absolute atomic E-state index is 11.9. The fourth-order valence-electron chi connectivity index (χ4n) is 2.33. The lowest BCUT2D eigenvalue weighted by molar-refractivity contribution is 0.397. The minimum atomic E-state index is -0.177. The molecule has 1 aromatic heterocycles. The first-order valence-electron chi connectivity index (χ1n) is 6.32. The van der Waals surface area contributed by atoms with Crippen molar-refractivity contribution in [3.8, 4) is 5.69 Å². The number of aromatic nitrogens is 3. The van der Waals surface area contributed by atoms with Crippen molar-refractivity contribution < 1.29 is 0 Å². The van der Waals surface area contributed by atoms with E-state index >= 15 is 0 Å². The Kier molecular flexibility index (Phi) is 2.98. The monoisotopic (exact) mass is 244 g/mol. The normalized spacial score (nSPS) is 19.9. The SMILES string of the molecule is O=c1[nH]c(C2CCCCN2)nn1-c1ccccc1. The molecular formula is C13H16N4O. The van der Waals surface area contributed by atoms with Gasteiger partial charge in [0.15, 0.2) is 0 Å². The van der Waals surface area contributed by atoms with Crippen LogP contribution in [0.4, 0.5) is 0 Å². The minimum Gasteiger partial charge on any atom is -0.307 e. The highest BCUT2D eigenvalue weighted by Gasteiger charge is 2.19. The predicted octanol–water partition coefficient (Wildman–Crippen LogP) is 1.38. The van der Waals surface area contributed by atoms with Gasteiger partial charge in [0.25, 0.3) is 0 Å². The van der Waals surface area contributed by atoms with Gasteiger partial charge >= 0.3 is 5.69 Å². The van der Waals surface area contributed by atoms with E-state index in [2.05, 4.69) is 15.4 Å². The number of piperidine rings is 1. The minimum absolute atomic E-state index is 0.177. The molecule has 2 heterocycles. The third-order valence-electron chi connectivity index (χ3n) is 3.28. The Hall–Kier alpha value is -1.88. The lowest BCUT2D eigenvalue weighted by atomic mass is 10.0. The van der Waals surface area contributed by atoms with Gasteiger partial charge in [-0.05, 0) is 31.5 Å². The molecule has 0 radical (unpaired) electrons. The molecule has 1 unspecified atom stereocenters. The highest BCUT2D eigenvalue weighted by Crippen LogP contribution is 2.19. The van der Waals surface area contributed by atoms with E-state index in [1.165, 1.54) is 17.5 Å². The van der Waals surface area contributed by atoms with Gasteiger partial charge in [-0.2, -0.15) is 4.68 Å². The van der Waals surface area contributed by atoms with Crippen LogP contribution in [0.2, 0.25) is 0 Å². The highest BCUT2D eigenvalue weighted by atomic mass is 16.1. The van der Waals surface area contributed by atoms with Gasteiger partial charge in [0.05, 0.1) is 11.7 Å². The lowest BCUT2D eigenvalue weighted by Crippen LogP contribution is -2.27. The van der Waals surface area contributed by atoms with Crippen molar-refractivity contribution in [3.63, 3.8) is 0 Å². The average molecular weight is 244 g/mol. The van der Waals surface area contributed by atoms with Gasteiger partial charge in [0.1, 0.15) is 5.82 Å². The van der Waals surface area contributed by atoms with Crippen LogP contribution >= 0.6 is 0 Å². The summed E-state index contributed by atoms with van der Waals surface area (Å²) in [4.78, 5) is 14.7. The standard InChI is InChI=1S/C13H16N4O/c18-13-15-12(11-8-4-5-9-14-11)16-17(13)10-6-2-1-3-7-10/h1-3,6-7,11,14H,4-5,8-9H2,(H,15,16,18).